The average molecular weight is 258 g/mol. The van der Waals surface area contributed by atoms with E-state index in [9.17, 15) is 4.79 Å². The molecule has 0 amide bonds. The quantitative estimate of drug-likeness (QED) is 0.783. The van der Waals surface area contributed by atoms with Gasteiger partial charge in [-0.1, -0.05) is 18.2 Å². The summed E-state index contributed by atoms with van der Waals surface area (Å²) in [6.07, 6.45) is 1.42. The van der Waals surface area contributed by atoms with E-state index >= 15 is 0 Å². The van der Waals surface area contributed by atoms with Crippen LogP contribution in [0.25, 0.3) is 0 Å². The maximum atomic E-state index is 12.1. The van der Waals surface area contributed by atoms with Crippen LogP contribution < -0.4 is 0 Å². The van der Waals surface area contributed by atoms with E-state index in [2.05, 4.69) is 6.07 Å². The molecule has 2 aromatic rings. The monoisotopic (exact) mass is 258 g/mol. The summed E-state index contributed by atoms with van der Waals surface area (Å²) >= 11 is 1.71. The summed E-state index contributed by atoms with van der Waals surface area (Å²) in [7, 11) is 0. The van der Waals surface area contributed by atoms with Crippen LogP contribution >= 0.6 is 11.3 Å². The van der Waals surface area contributed by atoms with Crippen molar-refractivity contribution >= 4 is 17.1 Å². The van der Waals surface area contributed by atoms with Gasteiger partial charge < -0.3 is 4.74 Å². The number of fused-ring (bicyclic) bond motifs is 1. The third-order valence-corrected chi connectivity index (χ3v) is 4.16. The van der Waals surface area contributed by atoms with Gasteiger partial charge in [0.15, 0.2) is 5.78 Å². The van der Waals surface area contributed by atoms with E-state index in [1.54, 1.807) is 11.3 Å². The largest absolute Gasteiger partial charge is 0.372 e. The number of thiophene rings is 1. The molecule has 1 aliphatic heterocycles. The normalized spacial score (nSPS) is 13.6. The first-order valence-corrected chi connectivity index (χ1v) is 6.96. The van der Waals surface area contributed by atoms with Crippen molar-refractivity contribution in [2.45, 2.75) is 26.1 Å². The van der Waals surface area contributed by atoms with E-state index in [1.807, 2.05) is 29.6 Å². The fourth-order valence-electron chi connectivity index (χ4n) is 2.18. The van der Waals surface area contributed by atoms with Crippen LogP contribution in [0.3, 0.4) is 0 Å². The van der Waals surface area contributed by atoms with Crippen molar-refractivity contribution < 1.29 is 9.53 Å². The summed E-state index contributed by atoms with van der Waals surface area (Å²) in [4.78, 5) is 13.4. The van der Waals surface area contributed by atoms with Crippen molar-refractivity contribution in [1.29, 1.82) is 0 Å². The first-order chi connectivity index (χ1) is 8.83. The molecule has 0 radical (unpaired) electrons. The summed E-state index contributed by atoms with van der Waals surface area (Å²) < 4.78 is 5.36. The molecule has 0 fully saturated rings. The molecule has 1 aromatic carbocycles. The molecular formula is C15H14O2S. The second-order valence-corrected chi connectivity index (χ2v) is 5.51. The molecule has 3 rings (SSSR count). The van der Waals surface area contributed by atoms with Gasteiger partial charge in [-0.05, 0) is 35.1 Å². The van der Waals surface area contributed by atoms with Crippen molar-refractivity contribution in [2.75, 3.05) is 0 Å². The third-order valence-electron chi connectivity index (χ3n) is 3.22. The molecule has 1 aliphatic rings. The Morgan fingerprint density at radius 3 is 2.94 bits per heavy atom. The van der Waals surface area contributed by atoms with Gasteiger partial charge in [0.25, 0.3) is 0 Å². The van der Waals surface area contributed by atoms with Crippen molar-refractivity contribution in [3.05, 3.63) is 57.3 Å². The maximum absolute atomic E-state index is 12.1. The summed E-state index contributed by atoms with van der Waals surface area (Å²) in [5.41, 5.74) is 3.19. The Kier molecular flexibility index (Phi) is 3.26. The molecule has 0 aliphatic carbocycles. The van der Waals surface area contributed by atoms with Crippen LogP contribution in [0.1, 0.15) is 32.8 Å². The Morgan fingerprint density at radius 2 is 2.11 bits per heavy atom. The number of carbonyl (C=O) groups excluding carboxylic acids is 1. The number of Topliss-reactive ketones (excluding diaryl/α,β-unsaturated/α-hetero) is 1. The summed E-state index contributed by atoms with van der Waals surface area (Å²) in [5.74, 6) is 0.220. The van der Waals surface area contributed by atoms with Crippen LogP contribution in [0.4, 0.5) is 0 Å². The SMILES string of the molecule is O=C(CCc1cccs1)c1ccc2c(c1)COC2. The van der Waals surface area contributed by atoms with Crippen LogP contribution in [-0.4, -0.2) is 5.78 Å². The summed E-state index contributed by atoms with van der Waals surface area (Å²) in [6, 6.07) is 10.0. The molecule has 0 bridgehead atoms. The molecule has 92 valence electrons. The van der Waals surface area contributed by atoms with E-state index < -0.39 is 0 Å². The molecular weight excluding hydrogens is 244 g/mol. The lowest BCUT2D eigenvalue weighted by atomic mass is 10.0. The second-order valence-electron chi connectivity index (χ2n) is 4.48. The van der Waals surface area contributed by atoms with Crippen LogP contribution in [0, 0.1) is 0 Å². The van der Waals surface area contributed by atoms with E-state index in [4.69, 9.17) is 4.74 Å². The highest BCUT2D eigenvalue weighted by molar-refractivity contribution is 7.09. The summed E-state index contributed by atoms with van der Waals surface area (Å²) in [6.45, 7) is 1.32. The third kappa shape index (κ3) is 2.37. The van der Waals surface area contributed by atoms with Gasteiger partial charge in [0, 0.05) is 16.9 Å². The number of benzene rings is 1. The van der Waals surface area contributed by atoms with E-state index in [-0.39, 0.29) is 5.78 Å². The highest BCUT2D eigenvalue weighted by Gasteiger charge is 2.14. The minimum absolute atomic E-state index is 0.220. The van der Waals surface area contributed by atoms with Crippen LogP contribution in [-0.2, 0) is 24.4 Å². The molecule has 0 N–H and O–H groups in total. The van der Waals surface area contributed by atoms with Crippen molar-refractivity contribution in [3.63, 3.8) is 0 Å². The van der Waals surface area contributed by atoms with Crippen LogP contribution in [0.2, 0.25) is 0 Å². The number of rotatable bonds is 4. The van der Waals surface area contributed by atoms with E-state index in [0.717, 1.165) is 17.5 Å². The highest BCUT2D eigenvalue weighted by Crippen LogP contribution is 2.22. The number of hydrogen-bond donors (Lipinski definition) is 0. The Balaban J connectivity index is 1.69. The molecule has 0 spiro atoms. The van der Waals surface area contributed by atoms with Crippen molar-refractivity contribution in [3.8, 4) is 0 Å². The Bertz CT molecular complexity index is 558. The predicted octanol–water partition coefficient (Wildman–Crippen LogP) is 3.59. The number of ether oxygens (including phenoxy) is 1. The summed E-state index contributed by atoms with van der Waals surface area (Å²) in [5, 5.41) is 2.05. The maximum Gasteiger partial charge on any atom is 0.163 e. The van der Waals surface area contributed by atoms with Gasteiger partial charge in [-0.25, -0.2) is 0 Å². The van der Waals surface area contributed by atoms with Gasteiger partial charge in [0.05, 0.1) is 13.2 Å². The molecule has 2 heterocycles. The zero-order valence-corrected chi connectivity index (χ0v) is 10.8. The lowest BCUT2D eigenvalue weighted by molar-refractivity contribution is 0.0983. The van der Waals surface area contributed by atoms with Gasteiger partial charge in [-0.2, -0.15) is 0 Å². The lowest BCUT2D eigenvalue weighted by Gasteiger charge is -2.03. The predicted molar refractivity (Wildman–Crippen MR) is 71.9 cm³/mol. The van der Waals surface area contributed by atoms with Gasteiger partial charge in [0.1, 0.15) is 0 Å². The topological polar surface area (TPSA) is 26.3 Å². The van der Waals surface area contributed by atoms with Gasteiger partial charge >= 0.3 is 0 Å². The molecule has 0 saturated carbocycles. The first-order valence-electron chi connectivity index (χ1n) is 6.08. The minimum Gasteiger partial charge on any atom is -0.372 e. The molecule has 3 heteroatoms. The van der Waals surface area contributed by atoms with Crippen LogP contribution in [0.5, 0.6) is 0 Å². The number of carbonyl (C=O) groups is 1. The standard InChI is InChI=1S/C15H14O2S/c16-15(6-5-14-2-1-7-18-14)11-3-4-12-9-17-10-13(12)8-11/h1-4,7-8H,5-6,9-10H2. The molecule has 0 saturated heterocycles. The molecule has 18 heavy (non-hydrogen) atoms. The average Bonchev–Trinajstić information content (AvgIpc) is 3.05. The van der Waals surface area contributed by atoms with Crippen molar-refractivity contribution in [2.24, 2.45) is 0 Å². The van der Waals surface area contributed by atoms with Gasteiger partial charge in [-0.3, -0.25) is 4.79 Å². The number of hydrogen-bond acceptors (Lipinski definition) is 3. The Labute approximate surface area is 110 Å². The molecule has 0 unspecified atom stereocenters. The van der Waals surface area contributed by atoms with Gasteiger partial charge in [-0.15, -0.1) is 11.3 Å². The van der Waals surface area contributed by atoms with Crippen LogP contribution in [0.15, 0.2) is 35.7 Å². The lowest BCUT2D eigenvalue weighted by Crippen LogP contribution is -2.01. The van der Waals surface area contributed by atoms with E-state index in [1.165, 1.54) is 10.4 Å². The number of aryl methyl sites for hydroxylation is 1. The van der Waals surface area contributed by atoms with Gasteiger partial charge in [0.2, 0.25) is 0 Å². The molecule has 2 nitrogen and oxygen atoms in total. The number of ketones is 1. The zero-order chi connectivity index (χ0) is 12.4. The van der Waals surface area contributed by atoms with E-state index in [0.29, 0.717) is 19.6 Å². The molecule has 1 aromatic heterocycles. The first kappa shape index (κ1) is 11.6. The Hall–Kier alpha value is -1.45. The minimum atomic E-state index is 0.220. The van der Waals surface area contributed by atoms with Crippen molar-refractivity contribution in [1.82, 2.24) is 0 Å². The fourth-order valence-corrected chi connectivity index (χ4v) is 2.89. The smallest absolute Gasteiger partial charge is 0.163 e. The highest BCUT2D eigenvalue weighted by atomic mass is 32.1. The Morgan fingerprint density at radius 1 is 1.22 bits per heavy atom. The fraction of sp³-hybridized carbons (Fsp3) is 0.267. The zero-order valence-electron chi connectivity index (χ0n) is 10.0. The molecule has 0 atom stereocenters. The second kappa shape index (κ2) is 5.04.